The molecule has 1 aromatic heterocycles. The number of aromatic nitrogens is 2. The third kappa shape index (κ3) is 3.84. The first-order valence-corrected chi connectivity index (χ1v) is 8.38. The topological polar surface area (TPSA) is 56.0 Å². The third-order valence-corrected chi connectivity index (χ3v) is 4.30. The second-order valence-electron chi connectivity index (χ2n) is 6.61. The smallest absolute Gasteiger partial charge is 0.329 e. The van der Waals surface area contributed by atoms with Gasteiger partial charge in [0.15, 0.2) is 0 Å². The summed E-state index contributed by atoms with van der Waals surface area (Å²) in [5.41, 5.74) is 1.59. The molecule has 0 saturated carbocycles. The van der Waals surface area contributed by atoms with Crippen LogP contribution in [0.1, 0.15) is 47.0 Å². The fourth-order valence-electron chi connectivity index (χ4n) is 2.67. The Kier molecular flexibility index (Phi) is 5.29. The van der Waals surface area contributed by atoms with Crippen molar-refractivity contribution < 1.29 is 4.79 Å². The van der Waals surface area contributed by atoms with Gasteiger partial charge in [-0.25, -0.2) is 4.79 Å². The Morgan fingerprint density at radius 3 is 2.17 bits per heavy atom. The van der Waals surface area contributed by atoms with E-state index < -0.39 is 0 Å². The highest BCUT2D eigenvalue weighted by Gasteiger charge is 2.18. The van der Waals surface area contributed by atoms with E-state index in [1.165, 1.54) is 0 Å². The number of para-hydroxylation sites is 2. The summed E-state index contributed by atoms with van der Waals surface area (Å²) in [6.07, 6.45) is 2.08. The van der Waals surface area contributed by atoms with Gasteiger partial charge in [-0.2, -0.15) is 0 Å². The van der Waals surface area contributed by atoms with Crippen molar-refractivity contribution in [1.29, 1.82) is 0 Å². The number of fused-ring (bicyclic) bond motifs is 1. The van der Waals surface area contributed by atoms with E-state index in [9.17, 15) is 9.59 Å². The minimum Gasteiger partial charge on any atom is -0.351 e. The minimum atomic E-state index is -0.210. The molecule has 1 aromatic carbocycles. The van der Waals surface area contributed by atoms with Gasteiger partial charge in [-0.3, -0.25) is 13.9 Å². The van der Waals surface area contributed by atoms with Gasteiger partial charge < -0.3 is 5.32 Å². The van der Waals surface area contributed by atoms with Crippen LogP contribution in [0.2, 0.25) is 0 Å². The molecule has 0 spiro atoms. The Labute approximate surface area is 137 Å². The number of carbonyl (C=O) groups excluding carboxylic acids is 1. The highest BCUT2D eigenvalue weighted by molar-refractivity contribution is 5.78. The van der Waals surface area contributed by atoms with E-state index in [1.54, 1.807) is 9.13 Å². The molecule has 1 heterocycles. The summed E-state index contributed by atoms with van der Waals surface area (Å²) in [5.74, 6) is -0.0175. The number of imidazole rings is 1. The molecule has 0 atom stereocenters. The fraction of sp³-hybridized carbons (Fsp3) is 0.556. The average Bonchev–Trinajstić information content (AvgIpc) is 2.78. The van der Waals surface area contributed by atoms with E-state index in [0.29, 0.717) is 19.5 Å². The molecule has 0 bridgehead atoms. The Hall–Kier alpha value is -2.04. The van der Waals surface area contributed by atoms with Crippen LogP contribution in [-0.2, 0) is 17.9 Å². The van der Waals surface area contributed by atoms with Crippen LogP contribution in [0.4, 0.5) is 0 Å². The second kappa shape index (κ2) is 7.02. The maximum absolute atomic E-state index is 12.6. The summed E-state index contributed by atoms with van der Waals surface area (Å²) in [4.78, 5) is 24.8. The number of hydrogen-bond acceptors (Lipinski definition) is 2. The van der Waals surface area contributed by atoms with Gasteiger partial charge in [-0.15, -0.1) is 0 Å². The monoisotopic (exact) mass is 317 g/mol. The molecule has 0 aliphatic heterocycles. The lowest BCUT2D eigenvalue weighted by molar-refractivity contribution is -0.122. The van der Waals surface area contributed by atoms with Gasteiger partial charge in [0.25, 0.3) is 0 Å². The molecule has 126 valence electrons. The number of amides is 1. The zero-order valence-electron chi connectivity index (χ0n) is 14.6. The maximum atomic E-state index is 12.6. The number of rotatable bonds is 7. The van der Waals surface area contributed by atoms with Crippen molar-refractivity contribution in [1.82, 2.24) is 14.5 Å². The van der Waals surface area contributed by atoms with Crippen molar-refractivity contribution in [2.75, 3.05) is 0 Å². The summed E-state index contributed by atoms with van der Waals surface area (Å²) in [6.45, 7) is 9.21. The predicted octanol–water partition coefficient (Wildman–Crippen LogP) is 2.91. The number of hydrogen-bond donors (Lipinski definition) is 1. The standard InChI is InChI=1S/C18H27N3O2/c1-5-12-20-14-9-7-8-10-15(14)21(17(20)23)13-11-16(22)19-18(3,4)6-2/h7-10H,5-6,11-13H2,1-4H3,(H,19,22). The van der Waals surface area contributed by atoms with Crippen LogP contribution in [0.15, 0.2) is 29.1 Å². The average molecular weight is 317 g/mol. The number of benzene rings is 1. The molecular formula is C18H27N3O2. The SMILES string of the molecule is CCCn1c(=O)n(CCC(=O)NC(C)(C)CC)c2ccccc21. The van der Waals surface area contributed by atoms with Crippen molar-refractivity contribution in [3.63, 3.8) is 0 Å². The van der Waals surface area contributed by atoms with Gasteiger partial charge in [0.05, 0.1) is 11.0 Å². The quantitative estimate of drug-likeness (QED) is 0.853. The minimum absolute atomic E-state index is 0.0175. The lowest BCUT2D eigenvalue weighted by atomic mass is 10.0. The first-order chi connectivity index (χ1) is 10.9. The molecule has 1 amide bonds. The summed E-state index contributed by atoms with van der Waals surface area (Å²) in [7, 11) is 0. The Morgan fingerprint density at radius 2 is 1.65 bits per heavy atom. The summed E-state index contributed by atoms with van der Waals surface area (Å²) in [6, 6.07) is 7.77. The fourth-order valence-corrected chi connectivity index (χ4v) is 2.67. The molecule has 23 heavy (non-hydrogen) atoms. The van der Waals surface area contributed by atoms with E-state index in [0.717, 1.165) is 23.9 Å². The van der Waals surface area contributed by atoms with Crippen LogP contribution in [0.5, 0.6) is 0 Å². The molecule has 0 aliphatic rings. The van der Waals surface area contributed by atoms with Crippen molar-refractivity contribution in [3.05, 3.63) is 34.7 Å². The van der Waals surface area contributed by atoms with E-state index in [-0.39, 0.29) is 17.1 Å². The molecule has 0 saturated heterocycles. The number of carbonyl (C=O) groups is 1. The van der Waals surface area contributed by atoms with Crippen LogP contribution in [0.3, 0.4) is 0 Å². The highest BCUT2D eigenvalue weighted by Crippen LogP contribution is 2.14. The second-order valence-corrected chi connectivity index (χ2v) is 6.61. The lowest BCUT2D eigenvalue weighted by Crippen LogP contribution is -2.43. The van der Waals surface area contributed by atoms with Gasteiger partial charge >= 0.3 is 5.69 Å². The van der Waals surface area contributed by atoms with Crippen LogP contribution in [0.25, 0.3) is 11.0 Å². The maximum Gasteiger partial charge on any atom is 0.329 e. The van der Waals surface area contributed by atoms with Crippen molar-refractivity contribution in [3.8, 4) is 0 Å². The molecule has 0 fully saturated rings. The van der Waals surface area contributed by atoms with Gasteiger partial charge in [0.1, 0.15) is 0 Å². The van der Waals surface area contributed by atoms with Crippen molar-refractivity contribution in [2.24, 2.45) is 0 Å². The highest BCUT2D eigenvalue weighted by atomic mass is 16.2. The van der Waals surface area contributed by atoms with E-state index in [2.05, 4.69) is 12.2 Å². The molecule has 5 heteroatoms. The molecule has 0 aliphatic carbocycles. The number of nitrogens with zero attached hydrogens (tertiary/aromatic N) is 2. The number of aryl methyl sites for hydroxylation is 2. The first-order valence-electron chi connectivity index (χ1n) is 8.38. The Balaban J connectivity index is 2.22. The molecule has 2 rings (SSSR count). The van der Waals surface area contributed by atoms with Crippen molar-refractivity contribution >= 4 is 16.9 Å². The van der Waals surface area contributed by atoms with Crippen LogP contribution in [-0.4, -0.2) is 20.6 Å². The van der Waals surface area contributed by atoms with Crippen LogP contribution in [0, 0.1) is 0 Å². The summed E-state index contributed by atoms with van der Waals surface area (Å²) >= 11 is 0. The third-order valence-electron chi connectivity index (χ3n) is 4.30. The van der Waals surface area contributed by atoms with Gasteiger partial charge in [0.2, 0.25) is 5.91 Å². The van der Waals surface area contributed by atoms with E-state index in [4.69, 9.17) is 0 Å². The van der Waals surface area contributed by atoms with E-state index in [1.807, 2.05) is 45.0 Å². The zero-order valence-corrected chi connectivity index (χ0v) is 14.6. The lowest BCUT2D eigenvalue weighted by Gasteiger charge is -2.24. The van der Waals surface area contributed by atoms with E-state index >= 15 is 0 Å². The van der Waals surface area contributed by atoms with Gasteiger partial charge in [0, 0.05) is 25.0 Å². The molecule has 0 unspecified atom stereocenters. The van der Waals surface area contributed by atoms with Crippen LogP contribution < -0.4 is 11.0 Å². The molecule has 5 nitrogen and oxygen atoms in total. The predicted molar refractivity (Wildman–Crippen MR) is 93.6 cm³/mol. The number of nitrogens with one attached hydrogen (secondary N) is 1. The largest absolute Gasteiger partial charge is 0.351 e. The van der Waals surface area contributed by atoms with Crippen molar-refractivity contribution in [2.45, 2.75) is 65.6 Å². The zero-order chi connectivity index (χ0) is 17.0. The first kappa shape index (κ1) is 17.3. The van der Waals surface area contributed by atoms with Gasteiger partial charge in [-0.1, -0.05) is 26.0 Å². The van der Waals surface area contributed by atoms with Gasteiger partial charge in [-0.05, 0) is 38.8 Å². The Bertz CT molecular complexity index is 740. The summed E-state index contributed by atoms with van der Waals surface area (Å²) in [5, 5.41) is 3.01. The molecular weight excluding hydrogens is 290 g/mol. The molecule has 0 radical (unpaired) electrons. The van der Waals surface area contributed by atoms with Crippen LogP contribution >= 0.6 is 0 Å². The normalized spacial score (nSPS) is 11.8. The Morgan fingerprint density at radius 1 is 1.09 bits per heavy atom. The molecule has 2 aromatic rings. The molecule has 1 N–H and O–H groups in total. The summed E-state index contributed by atoms with van der Waals surface area (Å²) < 4.78 is 3.51.